The number of hydrogen-bond acceptors (Lipinski definition) is 3. The van der Waals surface area contributed by atoms with E-state index in [1.807, 2.05) is 29.2 Å². The number of likely N-dealkylation sites (tertiary alicyclic amines) is 1. The van der Waals surface area contributed by atoms with E-state index in [2.05, 4.69) is 17.1 Å². The zero-order valence-corrected chi connectivity index (χ0v) is 13.1. The van der Waals surface area contributed by atoms with Crippen molar-refractivity contribution in [2.75, 3.05) is 26.2 Å². The first-order chi connectivity index (χ1) is 10.2. The third-order valence-corrected chi connectivity index (χ3v) is 4.73. The number of piperidine rings is 1. The summed E-state index contributed by atoms with van der Waals surface area (Å²) in [7, 11) is 0. The largest absolute Gasteiger partial charge is 0.318 e. The zero-order chi connectivity index (χ0) is 14.8. The molecule has 2 atom stereocenters. The summed E-state index contributed by atoms with van der Waals surface area (Å²) >= 11 is 6.10. The molecule has 0 bridgehead atoms. The van der Waals surface area contributed by atoms with Crippen LogP contribution in [-0.4, -0.2) is 47.9 Å². The van der Waals surface area contributed by atoms with Crippen LogP contribution in [0, 0.1) is 0 Å². The fourth-order valence-corrected chi connectivity index (χ4v) is 3.63. The molecule has 2 fully saturated rings. The Labute approximate surface area is 131 Å². The van der Waals surface area contributed by atoms with Crippen LogP contribution in [0.15, 0.2) is 24.3 Å². The molecule has 0 spiro atoms. The predicted octanol–water partition coefficient (Wildman–Crippen LogP) is 2.25. The molecule has 1 aromatic rings. The number of hydrogen-bond donors (Lipinski definition) is 1. The molecule has 1 amide bonds. The summed E-state index contributed by atoms with van der Waals surface area (Å²) in [5.41, 5.74) is 1.07. The normalized spacial score (nSPS) is 27.3. The minimum absolute atomic E-state index is 0.0435. The standard InChI is InChI=1S/C16H22ClN3O/c1-2-19-8-4-7-14(11-19)20-15(21)10-18-16(20)12-5-3-6-13(17)9-12/h3,5-6,9,14,16,18H,2,4,7-8,10-11H2,1H3. The smallest absolute Gasteiger partial charge is 0.238 e. The van der Waals surface area contributed by atoms with Crippen LogP contribution in [-0.2, 0) is 4.79 Å². The summed E-state index contributed by atoms with van der Waals surface area (Å²) in [5, 5.41) is 4.04. The van der Waals surface area contributed by atoms with Gasteiger partial charge in [-0.1, -0.05) is 30.7 Å². The Morgan fingerprint density at radius 2 is 2.29 bits per heavy atom. The van der Waals surface area contributed by atoms with Gasteiger partial charge in [-0.2, -0.15) is 0 Å². The maximum absolute atomic E-state index is 12.3. The zero-order valence-electron chi connectivity index (χ0n) is 12.4. The second-order valence-corrected chi connectivity index (χ2v) is 6.27. The van der Waals surface area contributed by atoms with Crippen molar-refractivity contribution in [1.29, 1.82) is 0 Å². The summed E-state index contributed by atoms with van der Waals surface area (Å²) in [5.74, 6) is 0.197. The number of likely N-dealkylation sites (N-methyl/N-ethyl adjacent to an activating group) is 1. The molecule has 4 nitrogen and oxygen atoms in total. The van der Waals surface area contributed by atoms with Crippen LogP contribution in [0.3, 0.4) is 0 Å². The van der Waals surface area contributed by atoms with Gasteiger partial charge in [0, 0.05) is 17.6 Å². The van der Waals surface area contributed by atoms with E-state index in [0.29, 0.717) is 17.6 Å². The molecule has 2 saturated heterocycles. The van der Waals surface area contributed by atoms with E-state index >= 15 is 0 Å². The minimum Gasteiger partial charge on any atom is -0.318 e. The molecule has 1 N–H and O–H groups in total. The van der Waals surface area contributed by atoms with Crippen molar-refractivity contribution in [3.05, 3.63) is 34.9 Å². The fraction of sp³-hybridized carbons (Fsp3) is 0.562. The molecule has 0 aromatic heterocycles. The summed E-state index contributed by atoms with van der Waals surface area (Å²) in [6.07, 6.45) is 2.20. The Bertz CT molecular complexity index is 522. The van der Waals surface area contributed by atoms with E-state index in [1.54, 1.807) is 0 Å². The number of nitrogens with one attached hydrogen (secondary N) is 1. The van der Waals surface area contributed by atoms with Gasteiger partial charge >= 0.3 is 0 Å². The maximum atomic E-state index is 12.3. The Balaban J connectivity index is 1.82. The predicted molar refractivity (Wildman–Crippen MR) is 84.2 cm³/mol. The van der Waals surface area contributed by atoms with Gasteiger partial charge in [0.2, 0.25) is 5.91 Å². The third-order valence-electron chi connectivity index (χ3n) is 4.50. The van der Waals surface area contributed by atoms with Gasteiger partial charge in [0.1, 0.15) is 6.17 Å². The van der Waals surface area contributed by atoms with E-state index < -0.39 is 0 Å². The number of rotatable bonds is 3. The van der Waals surface area contributed by atoms with Crippen LogP contribution in [0.2, 0.25) is 5.02 Å². The molecule has 2 aliphatic heterocycles. The van der Waals surface area contributed by atoms with Gasteiger partial charge in [-0.05, 0) is 43.6 Å². The summed E-state index contributed by atoms with van der Waals surface area (Å²) in [6, 6.07) is 8.09. The maximum Gasteiger partial charge on any atom is 0.238 e. The highest BCUT2D eigenvalue weighted by molar-refractivity contribution is 6.30. The van der Waals surface area contributed by atoms with Gasteiger partial charge in [-0.25, -0.2) is 0 Å². The van der Waals surface area contributed by atoms with Gasteiger partial charge in [-0.15, -0.1) is 0 Å². The lowest BCUT2D eigenvalue weighted by Crippen LogP contribution is -2.49. The molecule has 0 radical (unpaired) electrons. The summed E-state index contributed by atoms with van der Waals surface area (Å²) in [4.78, 5) is 16.8. The number of benzene rings is 1. The molecular weight excluding hydrogens is 286 g/mol. The van der Waals surface area contributed by atoms with Crippen molar-refractivity contribution in [2.24, 2.45) is 0 Å². The molecule has 1 aromatic carbocycles. The highest BCUT2D eigenvalue weighted by atomic mass is 35.5. The van der Waals surface area contributed by atoms with Gasteiger partial charge in [0.25, 0.3) is 0 Å². The summed E-state index contributed by atoms with van der Waals surface area (Å²) in [6.45, 7) is 5.76. The quantitative estimate of drug-likeness (QED) is 0.930. The molecule has 2 heterocycles. The average molecular weight is 308 g/mol. The lowest BCUT2D eigenvalue weighted by molar-refractivity contribution is -0.131. The van der Waals surface area contributed by atoms with E-state index in [0.717, 1.165) is 38.0 Å². The van der Waals surface area contributed by atoms with Crippen molar-refractivity contribution < 1.29 is 4.79 Å². The lowest BCUT2D eigenvalue weighted by Gasteiger charge is -2.39. The Kier molecular flexibility index (Phi) is 4.48. The highest BCUT2D eigenvalue weighted by Gasteiger charge is 2.38. The Morgan fingerprint density at radius 3 is 3.05 bits per heavy atom. The van der Waals surface area contributed by atoms with E-state index in [9.17, 15) is 4.79 Å². The van der Waals surface area contributed by atoms with Crippen molar-refractivity contribution >= 4 is 17.5 Å². The molecule has 114 valence electrons. The average Bonchev–Trinajstić information content (AvgIpc) is 2.89. The van der Waals surface area contributed by atoms with E-state index in [1.165, 1.54) is 0 Å². The van der Waals surface area contributed by atoms with Crippen molar-refractivity contribution in [2.45, 2.75) is 32.0 Å². The van der Waals surface area contributed by atoms with Crippen LogP contribution in [0.25, 0.3) is 0 Å². The first kappa shape index (κ1) is 14.8. The number of halogens is 1. The van der Waals surface area contributed by atoms with Gasteiger partial charge in [-0.3, -0.25) is 10.1 Å². The van der Waals surface area contributed by atoms with Crippen molar-refractivity contribution in [3.8, 4) is 0 Å². The molecule has 0 aliphatic carbocycles. The molecule has 3 rings (SSSR count). The van der Waals surface area contributed by atoms with Crippen LogP contribution in [0.5, 0.6) is 0 Å². The number of carbonyl (C=O) groups excluding carboxylic acids is 1. The number of carbonyl (C=O) groups is 1. The van der Waals surface area contributed by atoms with Crippen LogP contribution < -0.4 is 5.32 Å². The topological polar surface area (TPSA) is 35.6 Å². The second kappa shape index (κ2) is 6.34. The van der Waals surface area contributed by atoms with Gasteiger partial charge in [0.05, 0.1) is 6.54 Å². The van der Waals surface area contributed by atoms with Gasteiger partial charge in [0.15, 0.2) is 0 Å². The fourth-order valence-electron chi connectivity index (χ4n) is 3.43. The molecular formula is C16H22ClN3O. The summed E-state index contributed by atoms with van der Waals surface area (Å²) < 4.78 is 0. The van der Waals surface area contributed by atoms with Crippen LogP contribution in [0.4, 0.5) is 0 Å². The molecule has 2 unspecified atom stereocenters. The Hall–Kier alpha value is -1.10. The molecule has 21 heavy (non-hydrogen) atoms. The van der Waals surface area contributed by atoms with E-state index in [-0.39, 0.29) is 12.1 Å². The molecule has 5 heteroatoms. The van der Waals surface area contributed by atoms with Crippen LogP contribution >= 0.6 is 11.6 Å². The first-order valence-corrected chi connectivity index (χ1v) is 8.09. The van der Waals surface area contributed by atoms with Crippen molar-refractivity contribution in [1.82, 2.24) is 15.1 Å². The molecule has 0 saturated carbocycles. The number of amides is 1. The number of nitrogens with zero attached hydrogens (tertiary/aromatic N) is 2. The SMILES string of the molecule is CCN1CCCC(N2C(=O)CNC2c2cccc(Cl)c2)C1. The second-order valence-electron chi connectivity index (χ2n) is 5.83. The highest BCUT2D eigenvalue weighted by Crippen LogP contribution is 2.29. The van der Waals surface area contributed by atoms with Crippen LogP contribution in [0.1, 0.15) is 31.5 Å². The lowest BCUT2D eigenvalue weighted by atomic mass is 10.0. The third kappa shape index (κ3) is 3.07. The van der Waals surface area contributed by atoms with Crippen molar-refractivity contribution in [3.63, 3.8) is 0 Å². The minimum atomic E-state index is -0.0435. The van der Waals surface area contributed by atoms with Gasteiger partial charge < -0.3 is 9.80 Å². The first-order valence-electron chi connectivity index (χ1n) is 7.71. The Morgan fingerprint density at radius 1 is 1.43 bits per heavy atom. The van der Waals surface area contributed by atoms with E-state index in [4.69, 9.17) is 11.6 Å². The molecule has 2 aliphatic rings. The monoisotopic (exact) mass is 307 g/mol.